The molecule has 116 valence electrons. The summed E-state index contributed by atoms with van der Waals surface area (Å²) in [6.07, 6.45) is -0.0651. The second kappa shape index (κ2) is 6.87. The molecule has 21 heavy (non-hydrogen) atoms. The van der Waals surface area contributed by atoms with Gasteiger partial charge in [-0.3, -0.25) is 4.90 Å². The summed E-state index contributed by atoms with van der Waals surface area (Å²) < 4.78 is 11.4. The SMILES string of the molecule is COC(=O)[C@@](C)(O)CN1CCO[C@@H](c2cccc(Br)c2)C1. The summed E-state index contributed by atoms with van der Waals surface area (Å²) in [5, 5.41) is 10.2. The molecule has 6 heteroatoms. The number of ether oxygens (including phenoxy) is 2. The standard InChI is InChI=1S/C15H20BrNO4/c1-15(19,14(18)20-2)10-17-6-7-21-13(9-17)11-4-3-5-12(16)8-11/h3-5,8,13,19H,6-7,9-10H2,1-2H3/t13-,15+/m1/s1. The zero-order valence-electron chi connectivity index (χ0n) is 12.2. The van der Waals surface area contributed by atoms with Crippen LogP contribution in [-0.2, 0) is 14.3 Å². The molecule has 0 amide bonds. The molecule has 0 saturated carbocycles. The van der Waals surface area contributed by atoms with Crippen LogP contribution in [0.5, 0.6) is 0 Å². The summed E-state index contributed by atoms with van der Waals surface area (Å²) >= 11 is 3.45. The predicted octanol–water partition coefficient (Wildman–Crippen LogP) is 1.75. The quantitative estimate of drug-likeness (QED) is 0.831. The van der Waals surface area contributed by atoms with Crippen molar-refractivity contribution in [1.29, 1.82) is 0 Å². The Kier molecular flexibility index (Phi) is 5.37. The van der Waals surface area contributed by atoms with E-state index in [0.717, 1.165) is 10.0 Å². The van der Waals surface area contributed by atoms with Gasteiger partial charge in [0.25, 0.3) is 0 Å². The highest BCUT2D eigenvalue weighted by atomic mass is 79.9. The van der Waals surface area contributed by atoms with Gasteiger partial charge < -0.3 is 14.6 Å². The fraction of sp³-hybridized carbons (Fsp3) is 0.533. The van der Waals surface area contributed by atoms with E-state index in [1.165, 1.54) is 14.0 Å². The van der Waals surface area contributed by atoms with Gasteiger partial charge in [-0.2, -0.15) is 0 Å². The number of methoxy groups -OCH3 is 1. The number of rotatable bonds is 4. The van der Waals surface area contributed by atoms with Gasteiger partial charge in [-0.15, -0.1) is 0 Å². The molecule has 1 fully saturated rings. The van der Waals surface area contributed by atoms with Crippen molar-refractivity contribution in [3.63, 3.8) is 0 Å². The molecule has 2 rings (SSSR count). The molecule has 1 aromatic rings. The fourth-order valence-electron chi connectivity index (χ4n) is 2.47. The van der Waals surface area contributed by atoms with E-state index in [2.05, 4.69) is 20.7 Å². The number of aliphatic hydroxyl groups is 1. The minimum absolute atomic E-state index is 0.0651. The Bertz CT molecular complexity index is 506. The van der Waals surface area contributed by atoms with Crippen LogP contribution in [0.4, 0.5) is 0 Å². The highest BCUT2D eigenvalue weighted by Crippen LogP contribution is 2.25. The number of carbonyl (C=O) groups excluding carboxylic acids is 1. The number of benzene rings is 1. The Morgan fingerprint density at radius 2 is 2.38 bits per heavy atom. The fourth-order valence-corrected chi connectivity index (χ4v) is 2.89. The lowest BCUT2D eigenvalue weighted by atomic mass is 10.0. The van der Waals surface area contributed by atoms with E-state index in [0.29, 0.717) is 19.7 Å². The monoisotopic (exact) mass is 357 g/mol. The average Bonchev–Trinajstić information content (AvgIpc) is 2.46. The van der Waals surface area contributed by atoms with Crippen molar-refractivity contribution < 1.29 is 19.4 Å². The van der Waals surface area contributed by atoms with Gasteiger partial charge in [0.15, 0.2) is 5.60 Å². The molecule has 1 saturated heterocycles. The van der Waals surface area contributed by atoms with Crippen LogP contribution >= 0.6 is 15.9 Å². The van der Waals surface area contributed by atoms with Crippen molar-refractivity contribution in [2.45, 2.75) is 18.6 Å². The van der Waals surface area contributed by atoms with Crippen LogP contribution in [-0.4, -0.2) is 54.9 Å². The lowest BCUT2D eigenvalue weighted by Gasteiger charge is -2.36. The second-order valence-electron chi connectivity index (χ2n) is 5.41. The first kappa shape index (κ1) is 16.4. The molecule has 2 atom stereocenters. The molecule has 1 aliphatic heterocycles. The van der Waals surface area contributed by atoms with Crippen molar-refractivity contribution in [3.8, 4) is 0 Å². The van der Waals surface area contributed by atoms with Crippen LogP contribution in [0.25, 0.3) is 0 Å². The van der Waals surface area contributed by atoms with Gasteiger partial charge >= 0.3 is 5.97 Å². The van der Waals surface area contributed by atoms with Gasteiger partial charge in [-0.25, -0.2) is 4.79 Å². The molecule has 0 aliphatic carbocycles. The Balaban J connectivity index is 2.02. The van der Waals surface area contributed by atoms with E-state index in [1.54, 1.807) is 0 Å². The van der Waals surface area contributed by atoms with Crippen molar-refractivity contribution in [2.24, 2.45) is 0 Å². The highest BCUT2D eigenvalue weighted by molar-refractivity contribution is 9.10. The first-order valence-electron chi connectivity index (χ1n) is 6.82. The average molecular weight is 358 g/mol. The van der Waals surface area contributed by atoms with Crippen LogP contribution < -0.4 is 0 Å². The third-order valence-electron chi connectivity index (χ3n) is 3.53. The number of carbonyl (C=O) groups is 1. The molecule has 0 bridgehead atoms. The smallest absolute Gasteiger partial charge is 0.338 e. The van der Waals surface area contributed by atoms with Crippen molar-refractivity contribution in [1.82, 2.24) is 4.90 Å². The molecule has 0 unspecified atom stereocenters. The minimum Gasteiger partial charge on any atom is -0.467 e. The summed E-state index contributed by atoms with van der Waals surface area (Å²) in [4.78, 5) is 13.6. The number of halogens is 1. The summed E-state index contributed by atoms with van der Waals surface area (Å²) in [5.41, 5.74) is -0.430. The molecule has 1 aromatic carbocycles. The molecular formula is C15H20BrNO4. The number of esters is 1. The number of nitrogens with zero attached hydrogens (tertiary/aromatic N) is 1. The molecule has 1 N–H and O–H groups in total. The van der Waals surface area contributed by atoms with E-state index in [9.17, 15) is 9.90 Å². The predicted molar refractivity (Wildman–Crippen MR) is 81.9 cm³/mol. The van der Waals surface area contributed by atoms with E-state index in [4.69, 9.17) is 4.74 Å². The van der Waals surface area contributed by atoms with E-state index in [-0.39, 0.29) is 12.6 Å². The highest BCUT2D eigenvalue weighted by Gasteiger charge is 2.35. The normalized spacial score (nSPS) is 22.6. The Morgan fingerprint density at radius 1 is 1.62 bits per heavy atom. The third-order valence-corrected chi connectivity index (χ3v) is 4.02. The van der Waals surface area contributed by atoms with Crippen molar-refractivity contribution in [2.75, 3.05) is 33.4 Å². The number of hydrogen-bond donors (Lipinski definition) is 1. The summed E-state index contributed by atoms with van der Waals surface area (Å²) in [6, 6.07) is 7.96. The van der Waals surface area contributed by atoms with E-state index < -0.39 is 11.6 Å². The molecule has 0 aromatic heterocycles. The molecular weight excluding hydrogens is 338 g/mol. The maximum Gasteiger partial charge on any atom is 0.338 e. The van der Waals surface area contributed by atoms with E-state index in [1.807, 2.05) is 29.2 Å². The molecule has 0 spiro atoms. The number of morpholine rings is 1. The topological polar surface area (TPSA) is 59.0 Å². The molecule has 0 radical (unpaired) electrons. The number of hydrogen-bond acceptors (Lipinski definition) is 5. The van der Waals surface area contributed by atoms with Gasteiger partial charge in [0, 0.05) is 24.1 Å². The Hall–Kier alpha value is -0.950. The molecule has 5 nitrogen and oxygen atoms in total. The van der Waals surface area contributed by atoms with Crippen molar-refractivity contribution >= 4 is 21.9 Å². The molecule has 1 aliphatic rings. The lowest BCUT2D eigenvalue weighted by molar-refractivity contribution is -0.164. The second-order valence-corrected chi connectivity index (χ2v) is 6.33. The van der Waals surface area contributed by atoms with Crippen LogP contribution in [0.15, 0.2) is 28.7 Å². The van der Waals surface area contributed by atoms with E-state index >= 15 is 0 Å². The minimum atomic E-state index is -1.51. The maximum absolute atomic E-state index is 11.6. The number of β-amino-alcohol motifs (C(OH)–C–C–N with tert-alkyl or cyclic N) is 1. The zero-order chi connectivity index (χ0) is 15.5. The van der Waals surface area contributed by atoms with Gasteiger partial charge in [-0.1, -0.05) is 28.1 Å². The zero-order valence-corrected chi connectivity index (χ0v) is 13.8. The van der Waals surface area contributed by atoms with Gasteiger partial charge in [0.05, 0.1) is 19.8 Å². The summed E-state index contributed by atoms with van der Waals surface area (Å²) in [5.74, 6) is -0.618. The van der Waals surface area contributed by atoms with Crippen LogP contribution in [0, 0.1) is 0 Å². The maximum atomic E-state index is 11.6. The summed E-state index contributed by atoms with van der Waals surface area (Å²) in [6.45, 7) is 3.58. The Labute approximate surface area is 133 Å². The van der Waals surface area contributed by atoms with Crippen LogP contribution in [0.3, 0.4) is 0 Å². The summed E-state index contributed by atoms with van der Waals surface area (Å²) in [7, 11) is 1.28. The van der Waals surface area contributed by atoms with Gasteiger partial charge in [0.1, 0.15) is 0 Å². The van der Waals surface area contributed by atoms with Gasteiger partial charge in [0.2, 0.25) is 0 Å². The van der Waals surface area contributed by atoms with Gasteiger partial charge in [-0.05, 0) is 24.6 Å². The van der Waals surface area contributed by atoms with Crippen molar-refractivity contribution in [3.05, 3.63) is 34.3 Å². The first-order chi connectivity index (χ1) is 9.92. The molecule has 1 heterocycles. The Morgan fingerprint density at radius 3 is 3.05 bits per heavy atom. The van der Waals surface area contributed by atoms with Crippen LogP contribution in [0.1, 0.15) is 18.6 Å². The first-order valence-corrected chi connectivity index (χ1v) is 7.62. The lowest BCUT2D eigenvalue weighted by Crippen LogP contribution is -2.51. The third kappa shape index (κ3) is 4.26. The largest absolute Gasteiger partial charge is 0.467 e. The van der Waals surface area contributed by atoms with Crippen LogP contribution in [0.2, 0.25) is 0 Å².